The van der Waals surface area contributed by atoms with E-state index >= 15 is 0 Å². The zero-order valence-corrected chi connectivity index (χ0v) is 11.5. The normalized spacial score (nSPS) is 23.3. The lowest BCUT2D eigenvalue weighted by molar-refractivity contribution is -0.147. The molecule has 7 nitrogen and oxygen atoms in total. The van der Waals surface area contributed by atoms with Gasteiger partial charge in [-0.05, 0) is 19.8 Å². The maximum absolute atomic E-state index is 12.3. The van der Waals surface area contributed by atoms with Crippen LogP contribution in [0.25, 0.3) is 0 Å². The van der Waals surface area contributed by atoms with Gasteiger partial charge >= 0.3 is 5.97 Å². The molecule has 0 saturated heterocycles. The van der Waals surface area contributed by atoms with Gasteiger partial charge in [0.2, 0.25) is 5.91 Å². The van der Waals surface area contributed by atoms with Crippen LogP contribution in [0.15, 0.2) is 18.5 Å². The number of nitrogens with zero attached hydrogens (tertiary/aromatic N) is 3. The van der Waals surface area contributed by atoms with Gasteiger partial charge in [0, 0.05) is 7.05 Å². The molecule has 1 heterocycles. The predicted molar refractivity (Wildman–Crippen MR) is 70.6 cm³/mol. The van der Waals surface area contributed by atoms with Crippen molar-refractivity contribution in [1.82, 2.24) is 20.1 Å². The molecule has 0 radical (unpaired) electrons. The second-order valence-electron chi connectivity index (χ2n) is 5.02. The minimum atomic E-state index is -0.930. The summed E-state index contributed by atoms with van der Waals surface area (Å²) in [6.07, 6.45) is 6.08. The van der Waals surface area contributed by atoms with Crippen molar-refractivity contribution in [2.75, 3.05) is 0 Å². The average Bonchev–Trinajstić information content (AvgIpc) is 2.85. The number of amides is 1. The number of allylic oxidation sites excluding steroid dienone is 2. The minimum Gasteiger partial charge on any atom is -0.481 e. The Hall–Kier alpha value is -2.18. The van der Waals surface area contributed by atoms with Gasteiger partial charge in [0.15, 0.2) is 5.82 Å². The highest BCUT2D eigenvalue weighted by Gasteiger charge is 2.34. The van der Waals surface area contributed by atoms with Crippen molar-refractivity contribution in [3.63, 3.8) is 0 Å². The lowest BCUT2D eigenvalue weighted by Gasteiger charge is -2.25. The number of hydrogen-bond acceptors (Lipinski definition) is 4. The number of aryl methyl sites for hydroxylation is 1. The van der Waals surface area contributed by atoms with Gasteiger partial charge in [-0.15, -0.1) is 10.2 Å². The van der Waals surface area contributed by atoms with Crippen molar-refractivity contribution in [2.45, 2.75) is 25.8 Å². The van der Waals surface area contributed by atoms with Crippen molar-refractivity contribution in [3.8, 4) is 0 Å². The number of nitrogens with one attached hydrogen (secondary N) is 1. The van der Waals surface area contributed by atoms with Crippen LogP contribution in [0.3, 0.4) is 0 Å². The van der Waals surface area contributed by atoms with Crippen molar-refractivity contribution in [1.29, 1.82) is 0 Å². The molecule has 1 aromatic rings. The van der Waals surface area contributed by atoms with Crippen LogP contribution < -0.4 is 5.32 Å². The topological polar surface area (TPSA) is 97.1 Å². The van der Waals surface area contributed by atoms with E-state index in [0.717, 1.165) is 0 Å². The summed E-state index contributed by atoms with van der Waals surface area (Å²) in [6.45, 7) is 1.80. The third-order valence-electron chi connectivity index (χ3n) is 3.58. The third kappa shape index (κ3) is 2.87. The molecule has 7 heteroatoms. The van der Waals surface area contributed by atoms with E-state index in [0.29, 0.717) is 18.7 Å². The van der Waals surface area contributed by atoms with Gasteiger partial charge in [0.1, 0.15) is 6.33 Å². The molecule has 20 heavy (non-hydrogen) atoms. The smallest absolute Gasteiger partial charge is 0.307 e. The Morgan fingerprint density at radius 2 is 2.05 bits per heavy atom. The molecule has 0 spiro atoms. The molecule has 0 fully saturated rings. The summed E-state index contributed by atoms with van der Waals surface area (Å²) in [5, 5.41) is 19.7. The van der Waals surface area contributed by atoms with E-state index < -0.39 is 17.8 Å². The summed E-state index contributed by atoms with van der Waals surface area (Å²) in [5.74, 6) is -1.74. The molecule has 0 bridgehead atoms. The number of carboxylic acids is 1. The third-order valence-corrected chi connectivity index (χ3v) is 3.58. The zero-order valence-electron chi connectivity index (χ0n) is 11.5. The zero-order chi connectivity index (χ0) is 14.7. The SMILES string of the molecule is CC(NC(=O)C1CC=CCC1C(=O)O)c1nncn1C. The Balaban J connectivity index is 2.05. The fraction of sp³-hybridized carbons (Fsp3) is 0.538. The molecule has 3 atom stereocenters. The van der Waals surface area contributed by atoms with Gasteiger partial charge in [0.05, 0.1) is 17.9 Å². The number of rotatable bonds is 4. The number of carboxylic acid groups (broad SMARTS) is 1. The molecular formula is C13H18N4O3. The van der Waals surface area contributed by atoms with Crippen LogP contribution in [-0.4, -0.2) is 31.7 Å². The molecular weight excluding hydrogens is 260 g/mol. The monoisotopic (exact) mass is 278 g/mol. The van der Waals surface area contributed by atoms with E-state index in [-0.39, 0.29) is 11.9 Å². The van der Waals surface area contributed by atoms with Gasteiger partial charge in [0.25, 0.3) is 0 Å². The summed E-state index contributed by atoms with van der Waals surface area (Å²) >= 11 is 0. The standard InChI is InChI=1S/C13H18N4O3/c1-8(11-16-14-7-17(11)2)15-12(18)9-5-3-4-6-10(9)13(19)20/h3-4,7-10H,5-6H2,1-2H3,(H,15,18)(H,19,20). The first-order valence-corrected chi connectivity index (χ1v) is 6.52. The Morgan fingerprint density at radius 3 is 2.60 bits per heavy atom. The van der Waals surface area contributed by atoms with Crippen LogP contribution in [-0.2, 0) is 16.6 Å². The number of aliphatic carboxylic acids is 1. The lowest BCUT2D eigenvalue weighted by atomic mass is 9.82. The molecule has 3 unspecified atom stereocenters. The van der Waals surface area contributed by atoms with Crippen molar-refractivity contribution >= 4 is 11.9 Å². The first kappa shape index (κ1) is 14.2. The van der Waals surface area contributed by atoms with Crippen molar-refractivity contribution < 1.29 is 14.7 Å². The van der Waals surface area contributed by atoms with E-state index in [9.17, 15) is 14.7 Å². The molecule has 1 aliphatic carbocycles. The number of carbonyl (C=O) groups excluding carboxylic acids is 1. The molecule has 2 N–H and O–H groups in total. The number of aromatic nitrogens is 3. The molecule has 0 saturated carbocycles. The highest BCUT2D eigenvalue weighted by molar-refractivity contribution is 5.85. The Kier molecular flexibility index (Phi) is 4.16. The molecule has 1 aliphatic rings. The summed E-state index contributed by atoms with van der Waals surface area (Å²) in [4.78, 5) is 23.5. The Labute approximate surface area is 116 Å². The van der Waals surface area contributed by atoms with Crippen molar-refractivity contribution in [2.24, 2.45) is 18.9 Å². The fourth-order valence-corrected chi connectivity index (χ4v) is 2.45. The second-order valence-corrected chi connectivity index (χ2v) is 5.02. The Bertz CT molecular complexity index is 537. The quantitative estimate of drug-likeness (QED) is 0.788. The van der Waals surface area contributed by atoms with Gasteiger partial charge in [-0.2, -0.15) is 0 Å². The maximum Gasteiger partial charge on any atom is 0.307 e. The summed E-state index contributed by atoms with van der Waals surface area (Å²) in [7, 11) is 1.79. The summed E-state index contributed by atoms with van der Waals surface area (Å²) in [6, 6.07) is -0.310. The summed E-state index contributed by atoms with van der Waals surface area (Å²) < 4.78 is 1.72. The van der Waals surface area contributed by atoms with E-state index in [1.54, 1.807) is 24.9 Å². The predicted octanol–water partition coefficient (Wildman–Crippen LogP) is 0.659. The maximum atomic E-state index is 12.3. The highest BCUT2D eigenvalue weighted by Crippen LogP contribution is 2.26. The highest BCUT2D eigenvalue weighted by atomic mass is 16.4. The fourth-order valence-electron chi connectivity index (χ4n) is 2.45. The molecule has 1 amide bonds. The number of carbonyl (C=O) groups is 2. The molecule has 108 valence electrons. The van der Waals surface area contributed by atoms with Crippen LogP contribution in [0, 0.1) is 11.8 Å². The van der Waals surface area contributed by atoms with Gasteiger partial charge in [-0.1, -0.05) is 12.2 Å². The molecule has 0 aliphatic heterocycles. The van der Waals surface area contributed by atoms with E-state index in [1.807, 2.05) is 12.2 Å². The van der Waals surface area contributed by atoms with E-state index in [1.165, 1.54) is 0 Å². The number of hydrogen-bond donors (Lipinski definition) is 2. The first-order valence-electron chi connectivity index (χ1n) is 6.52. The van der Waals surface area contributed by atoms with Crippen LogP contribution >= 0.6 is 0 Å². The minimum absolute atomic E-state index is 0.253. The second kappa shape index (κ2) is 5.85. The van der Waals surface area contributed by atoms with E-state index in [4.69, 9.17) is 0 Å². The van der Waals surface area contributed by atoms with Gasteiger partial charge in [-0.25, -0.2) is 0 Å². The van der Waals surface area contributed by atoms with Crippen LogP contribution in [0.4, 0.5) is 0 Å². The molecule has 2 rings (SSSR count). The average molecular weight is 278 g/mol. The largest absolute Gasteiger partial charge is 0.481 e. The van der Waals surface area contributed by atoms with E-state index in [2.05, 4.69) is 15.5 Å². The first-order chi connectivity index (χ1) is 9.50. The van der Waals surface area contributed by atoms with Gasteiger partial charge in [-0.3, -0.25) is 9.59 Å². The Morgan fingerprint density at radius 1 is 1.40 bits per heavy atom. The summed E-state index contributed by atoms with van der Waals surface area (Å²) in [5.41, 5.74) is 0. The molecule has 0 aromatic carbocycles. The lowest BCUT2D eigenvalue weighted by Crippen LogP contribution is -2.40. The van der Waals surface area contributed by atoms with Crippen molar-refractivity contribution in [3.05, 3.63) is 24.3 Å². The van der Waals surface area contributed by atoms with Crippen LogP contribution in [0.1, 0.15) is 31.6 Å². The van der Waals surface area contributed by atoms with Crippen LogP contribution in [0.2, 0.25) is 0 Å². The van der Waals surface area contributed by atoms with Crippen LogP contribution in [0.5, 0.6) is 0 Å². The molecule has 1 aromatic heterocycles. The van der Waals surface area contributed by atoms with Gasteiger partial charge < -0.3 is 15.0 Å².